The number of amides is 1. The summed E-state index contributed by atoms with van der Waals surface area (Å²) in [5.74, 6) is 0.605. The molecule has 0 radical (unpaired) electrons. The van der Waals surface area contributed by atoms with Crippen molar-refractivity contribution in [2.75, 3.05) is 6.54 Å². The maximum atomic E-state index is 12.2. The summed E-state index contributed by atoms with van der Waals surface area (Å²) in [6.45, 7) is 1.00. The first kappa shape index (κ1) is 20.2. The van der Waals surface area contributed by atoms with Crippen LogP contribution in [0, 0.1) is 0 Å². The summed E-state index contributed by atoms with van der Waals surface area (Å²) in [7, 11) is 0. The van der Waals surface area contributed by atoms with Gasteiger partial charge in [0, 0.05) is 27.7 Å². The van der Waals surface area contributed by atoms with Crippen molar-refractivity contribution in [1.29, 1.82) is 0 Å². The lowest BCUT2D eigenvalue weighted by molar-refractivity contribution is 0.0953. The van der Waals surface area contributed by atoms with E-state index in [0.717, 1.165) is 23.4 Å². The molecule has 0 saturated carbocycles. The fourth-order valence-corrected chi connectivity index (χ4v) is 3.04. The van der Waals surface area contributed by atoms with E-state index >= 15 is 0 Å². The number of rotatable bonds is 8. The summed E-state index contributed by atoms with van der Waals surface area (Å²) in [6.07, 6.45) is 1.76. The zero-order chi connectivity index (χ0) is 19.8. The Morgan fingerprint density at radius 2 is 1.61 bits per heavy atom. The van der Waals surface area contributed by atoms with Crippen LogP contribution in [0.4, 0.5) is 0 Å². The zero-order valence-corrected chi connectivity index (χ0v) is 16.8. The molecule has 28 heavy (non-hydrogen) atoms. The first-order valence-electron chi connectivity index (χ1n) is 9.11. The molecule has 0 aromatic heterocycles. The van der Waals surface area contributed by atoms with Crippen molar-refractivity contribution in [2.24, 2.45) is 0 Å². The van der Waals surface area contributed by atoms with Gasteiger partial charge < -0.3 is 10.1 Å². The minimum atomic E-state index is -0.0891. The second-order valence-corrected chi connectivity index (χ2v) is 7.23. The lowest BCUT2D eigenvalue weighted by atomic mass is 10.1. The molecule has 3 rings (SSSR count). The zero-order valence-electron chi connectivity index (χ0n) is 15.3. The van der Waals surface area contributed by atoms with E-state index in [1.165, 1.54) is 5.56 Å². The third-order valence-corrected chi connectivity index (χ3v) is 4.93. The molecule has 0 atom stereocenters. The molecule has 3 aromatic carbocycles. The molecular formula is C23H21Cl2NO2. The topological polar surface area (TPSA) is 38.3 Å². The predicted molar refractivity (Wildman–Crippen MR) is 114 cm³/mol. The average Bonchev–Trinajstić information content (AvgIpc) is 2.72. The lowest BCUT2D eigenvalue weighted by Gasteiger charge is -2.09. The normalized spacial score (nSPS) is 10.5. The molecule has 0 heterocycles. The van der Waals surface area contributed by atoms with Crippen LogP contribution in [0.3, 0.4) is 0 Å². The van der Waals surface area contributed by atoms with Crippen molar-refractivity contribution in [3.05, 3.63) is 99.5 Å². The summed E-state index contributed by atoms with van der Waals surface area (Å²) in [6, 6.07) is 22.4. The molecule has 0 aliphatic heterocycles. The van der Waals surface area contributed by atoms with Crippen LogP contribution >= 0.6 is 23.2 Å². The first-order valence-corrected chi connectivity index (χ1v) is 9.86. The highest BCUT2D eigenvalue weighted by atomic mass is 35.5. The van der Waals surface area contributed by atoms with E-state index in [9.17, 15) is 4.79 Å². The van der Waals surface area contributed by atoms with Crippen LogP contribution in [0.5, 0.6) is 5.75 Å². The van der Waals surface area contributed by atoms with Crippen LogP contribution < -0.4 is 10.1 Å². The SMILES string of the molecule is O=C(NCCCc1ccc(Cl)cc1)c1ccc(OCc2ccccc2Cl)cc1. The molecule has 0 fully saturated rings. The van der Waals surface area contributed by atoms with Crippen LogP contribution in [0.1, 0.15) is 27.9 Å². The molecule has 0 bridgehead atoms. The van der Waals surface area contributed by atoms with Crippen LogP contribution in [0.15, 0.2) is 72.8 Å². The molecule has 0 aliphatic rings. The Kier molecular flexibility index (Phi) is 7.35. The summed E-state index contributed by atoms with van der Waals surface area (Å²) < 4.78 is 5.74. The smallest absolute Gasteiger partial charge is 0.251 e. The van der Waals surface area contributed by atoms with E-state index in [-0.39, 0.29) is 5.91 Å². The number of hydrogen-bond acceptors (Lipinski definition) is 2. The largest absolute Gasteiger partial charge is 0.489 e. The maximum Gasteiger partial charge on any atom is 0.251 e. The number of halogens is 2. The highest BCUT2D eigenvalue weighted by Gasteiger charge is 2.06. The Bertz CT molecular complexity index is 909. The summed E-state index contributed by atoms with van der Waals surface area (Å²) in [5.41, 5.74) is 2.74. The molecule has 144 valence electrons. The molecule has 1 N–H and O–H groups in total. The molecule has 3 aromatic rings. The molecule has 0 saturated heterocycles. The summed E-state index contributed by atoms with van der Waals surface area (Å²) in [5, 5.41) is 4.35. The van der Waals surface area contributed by atoms with Gasteiger partial charge >= 0.3 is 0 Å². The second kappa shape index (κ2) is 10.2. The summed E-state index contributed by atoms with van der Waals surface area (Å²) in [4.78, 5) is 12.2. The van der Waals surface area contributed by atoms with Crippen molar-refractivity contribution in [2.45, 2.75) is 19.4 Å². The van der Waals surface area contributed by atoms with Crippen LogP contribution in [-0.4, -0.2) is 12.5 Å². The number of aryl methyl sites for hydroxylation is 1. The Morgan fingerprint density at radius 1 is 0.893 bits per heavy atom. The Morgan fingerprint density at radius 3 is 2.32 bits per heavy atom. The van der Waals surface area contributed by atoms with Crippen molar-refractivity contribution in [3.63, 3.8) is 0 Å². The molecule has 1 amide bonds. The minimum Gasteiger partial charge on any atom is -0.489 e. The fraction of sp³-hybridized carbons (Fsp3) is 0.174. The third kappa shape index (κ3) is 6.01. The third-order valence-electron chi connectivity index (χ3n) is 4.31. The first-order chi connectivity index (χ1) is 13.6. The van der Waals surface area contributed by atoms with E-state index in [1.54, 1.807) is 24.3 Å². The highest BCUT2D eigenvalue weighted by molar-refractivity contribution is 6.31. The van der Waals surface area contributed by atoms with Gasteiger partial charge in [0.2, 0.25) is 0 Å². The fourth-order valence-electron chi connectivity index (χ4n) is 2.73. The molecule has 0 unspecified atom stereocenters. The number of carbonyl (C=O) groups is 1. The Hall–Kier alpha value is -2.49. The van der Waals surface area contributed by atoms with E-state index in [4.69, 9.17) is 27.9 Å². The number of nitrogens with one attached hydrogen (secondary N) is 1. The Balaban J connectivity index is 1.43. The van der Waals surface area contributed by atoms with Gasteiger partial charge in [-0.3, -0.25) is 4.79 Å². The van der Waals surface area contributed by atoms with Gasteiger partial charge in [-0.15, -0.1) is 0 Å². The van der Waals surface area contributed by atoms with Gasteiger partial charge in [-0.05, 0) is 60.9 Å². The Labute approximate surface area is 175 Å². The number of carbonyl (C=O) groups excluding carboxylic acids is 1. The van der Waals surface area contributed by atoms with E-state index in [1.807, 2.05) is 48.5 Å². The van der Waals surface area contributed by atoms with Gasteiger partial charge in [0.25, 0.3) is 5.91 Å². The molecule has 3 nitrogen and oxygen atoms in total. The highest BCUT2D eigenvalue weighted by Crippen LogP contribution is 2.19. The second-order valence-electron chi connectivity index (χ2n) is 6.39. The van der Waals surface area contributed by atoms with Gasteiger partial charge in [-0.2, -0.15) is 0 Å². The predicted octanol–water partition coefficient (Wildman–Crippen LogP) is 5.94. The molecular weight excluding hydrogens is 393 g/mol. The molecule has 0 aliphatic carbocycles. The van der Waals surface area contributed by atoms with Gasteiger partial charge in [-0.1, -0.05) is 53.5 Å². The average molecular weight is 414 g/mol. The van der Waals surface area contributed by atoms with Crippen molar-refractivity contribution < 1.29 is 9.53 Å². The number of benzene rings is 3. The molecule has 0 spiro atoms. The van der Waals surface area contributed by atoms with Gasteiger partial charge in [0.05, 0.1) is 0 Å². The molecule has 5 heteroatoms. The van der Waals surface area contributed by atoms with Gasteiger partial charge in [-0.25, -0.2) is 0 Å². The quantitative estimate of drug-likeness (QED) is 0.464. The standard InChI is InChI=1S/C23H21Cl2NO2/c24-20-11-7-17(8-12-20)4-3-15-26-23(27)18-9-13-21(14-10-18)28-16-19-5-1-2-6-22(19)25/h1-2,5-14H,3-4,15-16H2,(H,26,27). The number of hydrogen-bond donors (Lipinski definition) is 1. The van der Waals surface area contributed by atoms with Crippen LogP contribution in [0.2, 0.25) is 10.0 Å². The van der Waals surface area contributed by atoms with Gasteiger partial charge in [0.1, 0.15) is 12.4 Å². The van der Waals surface area contributed by atoms with E-state index < -0.39 is 0 Å². The lowest BCUT2D eigenvalue weighted by Crippen LogP contribution is -2.24. The van der Waals surface area contributed by atoms with E-state index in [0.29, 0.717) is 29.5 Å². The van der Waals surface area contributed by atoms with Crippen molar-refractivity contribution >= 4 is 29.1 Å². The van der Waals surface area contributed by atoms with Gasteiger partial charge in [0.15, 0.2) is 0 Å². The van der Waals surface area contributed by atoms with Crippen molar-refractivity contribution in [1.82, 2.24) is 5.32 Å². The van der Waals surface area contributed by atoms with E-state index in [2.05, 4.69) is 5.32 Å². The van der Waals surface area contributed by atoms with Crippen LogP contribution in [0.25, 0.3) is 0 Å². The van der Waals surface area contributed by atoms with Crippen LogP contribution in [-0.2, 0) is 13.0 Å². The maximum absolute atomic E-state index is 12.2. The number of ether oxygens (including phenoxy) is 1. The van der Waals surface area contributed by atoms with Crippen molar-refractivity contribution in [3.8, 4) is 5.75 Å². The minimum absolute atomic E-state index is 0.0891. The monoisotopic (exact) mass is 413 g/mol. The summed E-state index contributed by atoms with van der Waals surface area (Å²) >= 11 is 12.0.